The van der Waals surface area contributed by atoms with Crippen molar-refractivity contribution in [3.8, 4) is 0 Å². The first-order valence-corrected chi connectivity index (χ1v) is 5.28. The van der Waals surface area contributed by atoms with Gasteiger partial charge in [-0.1, -0.05) is 0 Å². The van der Waals surface area contributed by atoms with E-state index in [1.54, 1.807) is 12.5 Å². The highest BCUT2D eigenvalue weighted by Crippen LogP contribution is 2.11. The van der Waals surface area contributed by atoms with Gasteiger partial charge in [0.2, 0.25) is 0 Å². The van der Waals surface area contributed by atoms with Crippen LogP contribution in [0.5, 0.6) is 0 Å². The Labute approximate surface area is 93.5 Å². The average molecular weight is 225 g/mol. The molecule has 0 radical (unpaired) electrons. The Hall–Kier alpha value is -1.29. The third-order valence-corrected chi connectivity index (χ3v) is 2.89. The summed E-state index contributed by atoms with van der Waals surface area (Å²) in [7, 11) is 1.94. The second-order valence-corrected chi connectivity index (χ2v) is 3.79. The molecule has 0 amide bonds. The molecule has 0 aliphatic rings. The van der Waals surface area contributed by atoms with Crippen molar-refractivity contribution in [2.24, 2.45) is 7.05 Å². The minimum absolute atomic E-state index is 0.485. The van der Waals surface area contributed by atoms with Crippen LogP contribution in [0.15, 0.2) is 18.7 Å². The highest BCUT2D eigenvalue weighted by atomic mass is 35.5. The molecular formula is C10H13ClN4. The largest absolute Gasteiger partial charge is 0.329 e. The molecule has 2 rings (SSSR count). The molecule has 0 saturated heterocycles. The summed E-state index contributed by atoms with van der Waals surface area (Å²) in [6, 6.07) is 0. The highest BCUT2D eigenvalue weighted by molar-refractivity contribution is 6.16. The number of aromatic nitrogens is 4. The molecule has 0 aliphatic carbocycles. The van der Waals surface area contributed by atoms with Gasteiger partial charge in [-0.15, -0.1) is 11.6 Å². The molecule has 4 nitrogen and oxygen atoms in total. The van der Waals surface area contributed by atoms with E-state index in [9.17, 15) is 0 Å². The Balaban J connectivity index is 2.25. The number of imidazole rings is 1. The van der Waals surface area contributed by atoms with Gasteiger partial charge in [0.15, 0.2) is 0 Å². The maximum Gasteiger partial charge on any atom is 0.0951 e. The van der Waals surface area contributed by atoms with E-state index in [2.05, 4.69) is 17.0 Å². The second-order valence-electron chi connectivity index (χ2n) is 3.53. The molecule has 2 heterocycles. The van der Waals surface area contributed by atoms with Crippen molar-refractivity contribution in [1.82, 2.24) is 19.3 Å². The van der Waals surface area contributed by atoms with Gasteiger partial charge in [0.1, 0.15) is 0 Å². The molecule has 0 aromatic carbocycles. The number of halogens is 1. The van der Waals surface area contributed by atoms with E-state index in [1.165, 1.54) is 11.3 Å². The Morgan fingerprint density at radius 2 is 2.20 bits per heavy atom. The first kappa shape index (κ1) is 10.2. The summed E-state index contributed by atoms with van der Waals surface area (Å²) in [5.74, 6) is 0.485. The molecule has 0 aliphatic heterocycles. The van der Waals surface area contributed by atoms with Gasteiger partial charge in [-0.25, -0.2) is 4.98 Å². The van der Waals surface area contributed by atoms with Crippen LogP contribution in [-0.2, 0) is 19.5 Å². The monoisotopic (exact) mass is 224 g/mol. The summed E-state index contributed by atoms with van der Waals surface area (Å²) in [6.07, 6.45) is 5.47. The van der Waals surface area contributed by atoms with E-state index in [1.807, 2.05) is 22.5 Å². The predicted octanol–water partition coefficient (Wildman–Crippen LogP) is 1.71. The lowest BCUT2D eigenvalue weighted by atomic mass is 10.2. The molecule has 0 fully saturated rings. The first-order valence-electron chi connectivity index (χ1n) is 4.75. The molecule has 0 atom stereocenters. The zero-order chi connectivity index (χ0) is 10.8. The standard InChI is InChI=1S/C10H13ClN4/c1-8-9(4-13-14(8)2)6-15-7-12-5-10(15)3-11/h4-5,7H,3,6H2,1-2H3. The molecular weight excluding hydrogens is 212 g/mol. The van der Waals surface area contributed by atoms with Gasteiger partial charge in [0, 0.05) is 24.5 Å². The fraction of sp³-hybridized carbons (Fsp3) is 0.400. The van der Waals surface area contributed by atoms with Gasteiger partial charge < -0.3 is 4.57 Å². The van der Waals surface area contributed by atoms with Gasteiger partial charge >= 0.3 is 0 Å². The van der Waals surface area contributed by atoms with E-state index >= 15 is 0 Å². The summed E-state index contributed by atoms with van der Waals surface area (Å²) in [6.45, 7) is 2.83. The molecule has 0 unspecified atom stereocenters. The van der Waals surface area contributed by atoms with Crippen LogP contribution in [0.4, 0.5) is 0 Å². The van der Waals surface area contributed by atoms with E-state index in [0.29, 0.717) is 5.88 Å². The molecule has 5 heteroatoms. The predicted molar refractivity (Wildman–Crippen MR) is 58.8 cm³/mol. The molecule has 15 heavy (non-hydrogen) atoms. The Bertz CT molecular complexity index is 458. The van der Waals surface area contributed by atoms with E-state index in [4.69, 9.17) is 11.6 Å². The smallest absolute Gasteiger partial charge is 0.0951 e. The lowest BCUT2D eigenvalue weighted by Crippen LogP contribution is -2.03. The van der Waals surface area contributed by atoms with E-state index in [-0.39, 0.29) is 0 Å². The molecule has 0 N–H and O–H groups in total. The molecule has 2 aromatic rings. The summed E-state index contributed by atoms with van der Waals surface area (Å²) < 4.78 is 3.91. The maximum atomic E-state index is 5.80. The summed E-state index contributed by atoms with van der Waals surface area (Å²) in [5.41, 5.74) is 3.39. The number of aryl methyl sites for hydroxylation is 1. The van der Waals surface area contributed by atoms with E-state index in [0.717, 1.165) is 12.2 Å². The first-order chi connectivity index (χ1) is 7.22. The van der Waals surface area contributed by atoms with Crippen LogP contribution in [0, 0.1) is 6.92 Å². The lowest BCUT2D eigenvalue weighted by Gasteiger charge is -2.05. The minimum Gasteiger partial charge on any atom is -0.329 e. The summed E-state index contributed by atoms with van der Waals surface area (Å²) >= 11 is 5.80. The quantitative estimate of drug-likeness (QED) is 0.745. The summed E-state index contributed by atoms with van der Waals surface area (Å²) in [5, 5.41) is 4.20. The van der Waals surface area contributed by atoms with Gasteiger partial charge in [0.25, 0.3) is 0 Å². The van der Waals surface area contributed by atoms with Crippen molar-refractivity contribution >= 4 is 11.6 Å². The number of hydrogen-bond acceptors (Lipinski definition) is 2. The third-order valence-electron chi connectivity index (χ3n) is 2.61. The fourth-order valence-electron chi connectivity index (χ4n) is 1.48. The maximum absolute atomic E-state index is 5.80. The molecule has 2 aromatic heterocycles. The van der Waals surface area contributed by atoms with Gasteiger partial charge in [-0.05, 0) is 6.92 Å². The second kappa shape index (κ2) is 4.06. The van der Waals surface area contributed by atoms with Crippen LogP contribution in [0.25, 0.3) is 0 Å². The van der Waals surface area contributed by atoms with Gasteiger partial charge in [-0.2, -0.15) is 5.10 Å². The van der Waals surface area contributed by atoms with Crippen molar-refractivity contribution in [3.63, 3.8) is 0 Å². The van der Waals surface area contributed by atoms with Crippen LogP contribution >= 0.6 is 11.6 Å². The Morgan fingerprint density at radius 1 is 1.40 bits per heavy atom. The number of alkyl halides is 1. The molecule has 0 spiro atoms. The SMILES string of the molecule is Cc1c(Cn2cncc2CCl)cnn1C. The third kappa shape index (κ3) is 1.90. The van der Waals surface area contributed by atoms with Crippen molar-refractivity contribution in [2.45, 2.75) is 19.3 Å². The number of nitrogens with zero attached hydrogens (tertiary/aromatic N) is 4. The zero-order valence-corrected chi connectivity index (χ0v) is 9.57. The topological polar surface area (TPSA) is 35.6 Å². The summed E-state index contributed by atoms with van der Waals surface area (Å²) in [4.78, 5) is 4.08. The lowest BCUT2D eigenvalue weighted by molar-refractivity contribution is 0.726. The number of hydrogen-bond donors (Lipinski definition) is 0. The van der Waals surface area contributed by atoms with Crippen LogP contribution in [-0.4, -0.2) is 19.3 Å². The average Bonchev–Trinajstić information content (AvgIpc) is 2.80. The van der Waals surface area contributed by atoms with Crippen LogP contribution in [0.2, 0.25) is 0 Å². The Morgan fingerprint density at radius 3 is 2.80 bits per heavy atom. The molecule has 0 bridgehead atoms. The van der Waals surface area contributed by atoms with Crippen LogP contribution in [0.3, 0.4) is 0 Å². The Kier molecular flexibility index (Phi) is 2.77. The fourth-order valence-corrected chi connectivity index (χ4v) is 1.71. The van der Waals surface area contributed by atoms with Crippen molar-refractivity contribution in [2.75, 3.05) is 0 Å². The van der Waals surface area contributed by atoms with Crippen molar-refractivity contribution in [1.29, 1.82) is 0 Å². The van der Waals surface area contributed by atoms with E-state index < -0.39 is 0 Å². The van der Waals surface area contributed by atoms with Gasteiger partial charge in [0.05, 0.1) is 30.6 Å². The van der Waals surface area contributed by atoms with Crippen LogP contribution in [0.1, 0.15) is 17.0 Å². The van der Waals surface area contributed by atoms with Crippen LogP contribution < -0.4 is 0 Å². The number of rotatable bonds is 3. The highest BCUT2D eigenvalue weighted by Gasteiger charge is 2.06. The van der Waals surface area contributed by atoms with Crippen molar-refractivity contribution < 1.29 is 0 Å². The molecule has 80 valence electrons. The normalized spacial score (nSPS) is 10.9. The minimum atomic E-state index is 0.485. The zero-order valence-electron chi connectivity index (χ0n) is 8.81. The van der Waals surface area contributed by atoms with Gasteiger partial charge in [-0.3, -0.25) is 4.68 Å². The van der Waals surface area contributed by atoms with Crippen molar-refractivity contribution in [3.05, 3.63) is 35.7 Å². The molecule has 0 saturated carbocycles.